The van der Waals surface area contributed by atoms with Crippen LogP contribution >= 0.6 is 0 Å². The Labute approximate surface area is 176 Å². The SMILES string of the molecule is CCOC(=O)C(C(=O)CC(C)(C)C=C(C)C)C(C[N+](=O)[O-])c1ccc2c(c1)OCO2. The summed E-state index contributed by atoms with van der Waals surface area (Å²) >= 11 is 0. The summed E-state index contributed by atoms with van der Waals surface area (Å²) in [6.07, 6.45) is 2.01. The van der Waals surface area contributed by atoms with Gasteiger partial charge in [-0.3, -0.25) is 19.7 Å². The van der Waals surface area contributed by atoms with Gasteiger partial charge in [0.1, 0.15) is 11.7 Å². The van der Waals surface area contributed by atoms with Crippen molar-refractivity contribution in [1.82, 2.24) is 0 Å². The Morgan fingerprint density at radius 3 is 2.53 bits per heavy atom. The first-order chi connectivity index (χ1) is 14.0. The Balaban J connectivity index is 2.46. The number of ketones is 1. The van der Waals surface area contributed by atoms with Gasteiger partial charge in [-0.25, -0.2) is 0 Å². The number of Topliss-reactive ketones (excluding diaryl/α,β-unsaturated/α-hetero) is 1. The van der Waals surface area contributed by atoms with Gasteiger partial charge in [-0.1, -0.05) is 31.6 Å². The predicted molar refractivity (Wildman–Crippen MR) is 110 cm³/mol. The fraction of sp³-hybridized carbons (Fsp3) is 0.545. The van der Waals surface area contributed by atoms with E-state index in [9.17, 15) is 19.7 Å². The van der Waals surface area contributed by atoms with Crippen LogP contribution in [-0.2, 0) is 14.3 Å². The zero-order valence-electron chi connectivity index (χ0n) is 18.1. The van der Waals surface area contributed by atoms with Gasteiger partial charge in [0.15, 0.2) is 11.5 Å². The molecular weight excluding hydrogens is 390 g/mol. The minimum absolute atomic E-state index is 0.0514. The largest absolute Gasteiger partial charge is 0.465 e. The highest BCUT2D eigenvalue weighted by Crippen LogP contribution is 2.38. The second-order valence-electron chi connectivity index (χ2n) is 8.32. The number of hydrogen-bond acceptors (Lipinski definition) is 7. The molecule has 1 heterocycles. The van der Waals surface area contributed by atoms with Crippen molar-refractivity contribution in [2.45, 2.75) is 47.0 Å². The average molecular weight is 419 g/mol. The lowest BCUT2D eigenvalue weighted by atomic mass is 9.76. The van der Waals surface area contributed by atoms with Gasteiger partial charge >= 0.3 is 5.97 Å². The first-order valence-electron chi connectivity index (χ1n) is 9.91. The highest BCUT2D eigenvalue weighted by Gasteiger charge is 2.41. The van der Waals surface area contributed by atoms with Crippen LogP contribution in [0.5, 0.6) is 11.5 Å². The Morgan fingerprint density at radius 1 is 1.27 bits per heavy atom. The number of carbonyl (C=O) groups excluding carboxylic acids is 2. The summed E-state index contributed by atoms with van der Waals surface area (Å²) in [5.74, 6) is -2.47. The standard InChI is InChI=1S/C22H29NO7/c1-6-28-21(25)20(17(24)11-22(4,5)10-14(2)3)16(12-23(26)27)15-7-8-18-19(9-15)30-13-29-18/h7-10,16,20H,6,11-13H2,1-5H3. The molecule has 8 nitrogen and oxygen atoms in total. The summed E-state index contributed by atoms with van der Waals surface area (Å²) in [5, 5.41) is 11.4. The van der Waals surface area contributed by atoms with Crippen molar-refractivity contribution in [3.63, 3.8) is 0 Å². The highest BCUT2D eigenvalue weighted by molar-refractivity contribution is 6.00. The number of ether oxygens (including phenoxy) is 3. The lowest BCUT2D eigenvalue weighted by molar-refractivity contribution is -0.484. The monoisotopic (exact) mass is 419 g/mol. The number of carbonyl (C=O) groups is 2. The Hall–Kier alpha value is -2.90. The lowest BCUT2D eigenvalue weighted by Crippen LogP contribution is -2.37. The number of allylic oxidation sites excluding steroid dienone is 2. The summed E-state index contributed by atoms with van der Waals surface area (Å²) in [7, 11) is 0. The molecule has 0 aromatic heterocycles. The number of nitro groups is 1. The Morgan fingerprint density at radius 2 is 1.93 bits per heavy atom. The number of esters is 1. The molecule has 0 spiro atoms. The molecule has 0 aliphatic carbocycles. The molecule has 2 rings (SSSR count). The molecule has 0 N–H and O–H groups in total. The number of rotatable bonds is 10. The lowest BCUT2D eigenvalue weighted by Gasteiger charge is -2.26. The fourth-order valence-electron chi connectivity index (χ4n) is 3.85. The molecule has 8 heteroatoms. The highest BCUT2D eigenvalue weighted by atomic mass is 16.7. The minimum atomic E-state index is -1.29. The first-order valence-corrected chi connectivity index (χ1v) is 9.91. The molecule has 0 radical (unpaired) electrons. The van der Waals surface area contributed by atoms with Gasteiger partial charge in [-0.15, -0.1) is 0 Å². The number of hydrogen-bond donors (Lipinski definition) is 0. The molecule has 0 fully saturated rings. The van der Waals surface area contributed by atoms with E-state index < -0.39 is 34.7 Å². The molecule has 164 valence electrons. The third-order valence-corrected chi connectivity index (χ3v) is 4.77. The Kier molecular flexibility index (Phi) is 7.59. The van der Waals surface area contributed by atoms with Crippen molar-refractivity contribution in [2.24, 2.45) is 11.3 Å². The molecule has 2 unspecified atom stereocenters. The summed E-state index contributed by atoms with van der Waals surface area (Å²) < 4.78 is 15.8. The van der Waals surface area contributed by atoms with E-state index in [1.807, 2.05) is 33.8 Å². The number of fused-ring (bicyclic) bond motifs is 1. The zero-order valence-corrected chi connectivity index (χ0v) is 18.1. The average Bonchev–Trinajstić information content (AvgIpc) is 3.06. The maximum absolute atomic E-state index is 13.3. The van der Waals surface area contributed by atoms with Crippen molar-refractivity contribution in [3.05, 3.63) is 45.5 Å². The van der Waals surface area contributed by atoms with Crippen LogP contribution in [0, 0.1) is 21.4 Å². The van der Waals surface area contributed by atoms with E-state index in [2.05, 4.69) is 0 Å². The summed E-state index contributed by atoms with van der Waals surface area (Å²) in [6, 6.07) is 4.85. The third kappa shape index (κ3) is 6.05. The van der Waals surface area contributed by atoms with Crippen molar-refractivity contribution < 1.29 is 28.7 Å². The minimum Gasteiger partial charge on any atom is -0.465 e. The summed E-state index contributed by atoms with van der Waals surface area (Å²) in [5.41, 5.74) is 0.995. The third-order valence-electron chi connectivity index (χ3n) is 4.77. The second-order valence-corrected chi connectivity index (χ2v) is 8.32. The van der Waals surface area contributed by atoms with Gasteiger partial charge in [0.25, 0.3) is 0 Å². The van der Waals surface area contributed by atoms with Gasteiger partial charge in [0.05, 0.1) is 12.5 Å². The molecular formula is C22H29NO7. The van der Waals surface area contributed by atoms with Gasteiger partial charge < -0.3 is 14.2 Å². The maximum atomic E-state index is 13.3. The van der Waals surface area contributed by atoms with Gasteiger partial charge in [0, 0.05) is 11.3 Å². The summed E-state index contributed by atoms with van der Waals surface area (Å²) in [6.45, 7) is 8.82. The molecule has 0 saturated heterocycles. The zero-order chi connectivity index (χ0) is 22.5. The molecule has 30 heavy (non-hydrogen) atoms. The fourth-order valence-corrected chi connectivity index (χ4v) is 3.85. The number of nitrogens with zero attached hydrogens (tertiary/aromatic N) is 1. The second kappa shape index (κ2) is 9.73. The van der Waals surface area contributed by atoms with E-state index in [-0.39, 0.29) is 25.6 Å². The van der Waals surface area contributed by atoms with Crippen LogP contribution in [-0.4, -0.2) is 36.6 Å². The molecule has 0 amide bonds. The van der Waals surface area contributed by atoms with Gasteiger partial charge in [-0.2, -0.15) is 0 Å². The first kappa shape index (κ1) is 23.4. The van der Waals surface area contributed by atoms with Crippen molar-refractivity contribution in [2.75, 3.05) is 19.9 Å². The normalized spacial score (nSPS) is 14.6. The van der Waals surface area contributed by atoms with Gasteiger partial charge in [-0.05, 0) is 43.9 Å². The van der Waals surface area contributed by atoms with Crippen LogP contribution in [0.4, 0.5) is 0 Å². The molecule has 0 saturated carbocycles. The van der Waals surface area contributed by atoms with Crippen LogP contribution in [0.1, 0.15) is 52.5 Å². The quantitative estimate of drug-likeness (QED) is 0.186. The molecule has 0 bridgehead atoms. The van der Waals surface area contributed by atoms with E-state index in [1.165, 1.54) is 0 Å². The van der Waals surface area contributed by atoms with Crippen LogP contribution in [0.15, 0.2) is 29.8 Å². The van der Waals surface area contributed by atoms with E-state index >= 15 is 0 Å². The van der Waals surface area contributed by atoms with Crippen LogP contribution < -0.4 is 9.47 Å². The van der Waals surface area contributed by atoms with E-state index in [4.69, 9.17) is 14.2 Å². The van der Waals surface area contributed by atoms with Gasteiger partial charge in [0.2, 0.25) is 13.3 Å². The smallest absolute Gasteiger partial charge is 0.317 e. The topological polar surface area (TPSA) is 105 Å². The molecule has 1 aliphatic heterocycles. The van der Waals surface area contributed by atoms with Crippen LogP contribution in [0.25, 0.3) is 0 Å². The molecule has 1 aromatic carbocycles. The number of benzene rings is 1. The van der Waals surface area contributed by atoms with E-state index in [1.54, 1.807) is 25.1 Å². The molecule has 1 aliphatic rings. The Bertz CT molecular complexity index is 840. The van der Waals surface area contributed by atoms with Crippen LogP contribution in [0.3, 0.4) is 0 Å². The van der Waals surface area contributed by atoms with Crippen LogP contribution in [0.2, 0.25) is 0 Å². The van der Waals surface area contributed by atoms with Crippen molar-refractivity contribution >= 4 is 11.8 Å². The maximum Gasteiger partial charge on any atom is 0.317 e. The molecule has 2 atom stereocenters. The van der Waals surface area contributed by atoms with E-state index in [0.29, 0.717) is 17.1 Å². The summed E-state index contributed by atoms with van der Waals surface area (Å²) in [4.78, 5) is 37.0. The molecule has 1 aromatic rings. The predicted octanol–water partition coefficient (Wildman–Crippen LogP) is 3.91. The van der Waals surface area contributed by atoms with Crippen molar-refractivity contribution in [1.29, 1.82) is 0 Å². The van der Waals surface area contributed by atoms with Crippen molar-refractivity contribution in [3.8, 4) is 11.5 Å². The van der Waals surface area contributed by atoms with E-state index in [0.717, 1.165) is 5.57 Å².